The molecule has 0 fully saturated rings. The van der Waals surface area contributed by atoms with Gasteiger partial charge in [-0.15, -0.1) is 0 Å². The summed E-state index contributed by atoms with van der Waals surface area (Å²) in [6, 6.07) is 4.98. The highest BCUT2D eigenvalue weighted by atomic mass is 32.2. The minimum Gasteiger partial charge on any atom is -0.466 e. The highest BCUT2D eigenvalue weighted by Gasteiger charge is 2.15. The zero-order valence-electron chi connectivity index (χ0n) is 20.3. The topological polar surface area (TPSA) is 84.5 Å². The Bertz CT molecular complexity index is 819. The number of sulfonamides is 1. The van der Waals surface area contributed by atoms with Crippen molar-refractivity contribution in [2.24, 2.45) is 0 Å². The van der Waals surface area contributed by atoms with Crippen LogP contribution in [0.1, 0.15) is 90.0 Å². The molecular weight excluding hydrogens is 424 g/mol. The van der Waals surface area contributed by atoms with Crippen LogP contribution in [-0.2, 0) is 19.6 Å². The smallest absolute Gasteiger partial charge is 0.332 e. The van der Waals surface area contributed by atoms with Gasteiger partial charge >= 0.3 is 5.97 Å². The lowest BCUT2D eigenvalue weighted by molar-refractivity contribution is -0.134. The van der Waals surface area contributed by atoms with E-state index in [1.165, 1.54) is 58.1 Å². The van der Waals surface area contributed by atoms with Gasteiger partial charge in [-0.1, -0.05) is 77.7 Å². The molecule has 0 heterocycles. The quantitative estimate of drug-likeness (QED) is 0.165. The van der Waals surface area contributed by atoms with Gasteiger partial charge in [0.1, 0.15) is 0 Å². The molecular formula is C25H42N2O4S. The van der Waals surface area contributed by atoms with Crippen molar-refractivity contribution in [3.05, 3.63) is 35.5 Å². The number of esters is 1. The van der Waals surface area contributed by atoms with Gasteiger partial charge in [-0.25, -0.2) is 17.9 Å². The second-order valence-corrected chi connectivity index (χ2v) is 9.99. The van der Waals surface area contributed by atoms with Crippen molar-refractivity contribution in [1.29, 1.82) is 0 Å². The van der Waals surface area contributed by atoms with Gasteiger partial charge < -0.3 is 10.1 Å². The first kappa shape index (κ1) is 28.2. The largest absolute Gasteiger partial charge is 0.466 e. The van der Waals surface area contributed by atoms with Crippen molar-refractivity contribution in [3.63, 3.8) is 0 Å². The predicted octanol–water partition coefficient (Wildman–Crippen LogP) is 6.07. The molecule has 0 unspecified atom stereocenters. The fourth-order valence-electron chi connectivity index (χ4n) is 3.41. The van der Waals surface area contributed by atoms with Crippen LogP contribution in [-0.4, -0.2) is 28.0 Å². The Kier molecular flexibility index (Phi) is 14.0. The molecule has 0 spiro atoms. The van der Waals surface area contributed by atoms with Crippen LogP contribution in [0.2, 0.25) is 0 Å². The minimum atomic E-state index is -3.58. The normalized spacial score (nSPS) is 12.1. The number of carbonyl (C=O) groups is 1. The van der Waals surface area contributed by atoms with E-state index in [-0.39, 0.29) is 4.90 Å². The Hall–Kier alpha value is -1.86. The van der Waals surface area contributed by atoms with E-state index in [4.69, 9.17) is 0 Å². The molecule has 1 rings (SSSR count). The third-order valence-corrected chi connectivity index (χ3v) is 6.97. The lowest BCUT2D eigenvalue weighted by Crippen LogP contribution is -2.25. The first-order chi connectivity index (χ1) is 15.3. The number of hydrogen-bond acceptors (Lipinski definition) is 5. The molecule has 1 aromatic carbocycles. The second-order valence-electron chi connectivity index (χ2n) is 8.23. The molecule has 0 atom stereocenters. The summed E-state index contributed by atoms with van der Waals surface area (Å²) in [5.74, 6) is -0.450. The number of unbranched alkanes of at least 4 members (excludes halogenated alkanes) is 9. The Labute approximate surface area is 195 Å². The van der Waals surface area contributed by atoms with Gasteiger partial charge in [0.25, 0.3) is 0 Å². The number of methoxy groups -OCH3 is 1. The molecule has 2 N–H and O–H groups in total. The SMILES string of the molecule is CCCCCCCCCCCCNS(=O)(=O)c1ccc(C)c(NC(=CC(=O)OC)CC)c1. The van der Waals surface area contributed by atoms with Crippen LogP contribution >= 0.6 is 0 Å². The van der Waals surface area contributed by atoms with Crippen molar-refractivity contribution in [3.8, 4) is 0 Å². The van der Waals surface area contributed by atoms with Crippen LogP contribution in [0.5, 0.6) is 0 Å². The van der Waals surface area contributed by atoms with E-state index in [0.717, 1.165) is 24.8 Å². The zero-order valence-corrected chi connectivity index (χ0v) is 21.2. The maximum absolute atomic E-state index is 12.7. The summed E-state index contributed by atoms with van der Waals surface area (Å²) < 4.78 is 32.8. The standard InChI is InChI=1S/C25H42N2O4S/c1-5-7-8-9-10-11-12-13-14-15-18-26-32(29,30)23-17-16-21(3)24(20-23)27-22(6-2)19-25(28)31-4/h16-17,19-20,26-27H,5-15,18H2,1-4H3. The molecule has 32 heavy (non-hydrogen) atoms. The van der Waals surface area contributed by atoms with Crippen molar-refractivity contribution in [2.45, 2.75) is 96.3 Å². The number of ether oxygens (including phenoxy) is 1. The van der Waals surface area contributed by atoms with Crippen LogP contribution in [0, 0.1) is 6.92 Å². The van der Waals surface area contributed by atoms with Crippen LogP contribution in [0.3, 0.4) is 0 Å². The van der Waals surface area contributed by atoms with Gasteiger partial charge in [-0.3, -0.25) is 0 Å². The van der Waals surface area contributed by atoms with Gasteiger partial charge in [0.15, 0.2) is 0 Å². The summed E-state index contributed by atoms with van der Waals surface area (Å²) in [7, 11) is -2.26. The zero-order chi connectivity index (χ0) is 23.8. The maximum atomic E-state index is 12.7. The van der Waals surface area contributed by atoms with E-state index in [0.29, 0.717) is 24.4 Å². The molecule has 0 aromatic heterocycles. The third-order valence-electron chi connectivity index (χ3n) is 5.51. The number of rotatable bonds is 17. The van der Waals surface area contributed by atoms with Gasteiger partial charge in [-0.2, -0.15) is 0 Å². The Balaban J connectivity index is 2.50. The Morgan fingerprint density at radius 1 is 0.969 bits per heavy atom. The molecule has 0 aliphatic rings. The van der Waals surface area contributed by atoms with E-state index in [1.54, 1.807) is 18.2 Å². The fraction of sp³-hybridized carbons (Fsp3) is 0.640. The average Bonchev–Trinajstić information content (AvgIpc) is 2.78. The van der Waals surface area contributed by atoms with E-state index < -0.39 is 16.0 Å². The number of anilines is 1. The highest BCUT2D eigenvalue weighted by Crippen LogP contribution is 2.22. The molecule has 0 bridgehead atoms. The molecule has 0 saturated heterocycles. The van der Waals surface area contributed by atoms with Gasteiger partial charge in [0, 0.05) is 24.0 Å². The van der Waals surface area contributed by atoms with E-state index in [9.17, 15) is 13.2 Å². The molecule has 182 valence electrons. The number of benzene rings is 1. The molecule has 0 amide bonds. The molecule has 7 heteroatoms. The van der Waals surface area contributed by atoms with Crippen LogP contribution in [0.4, 0.5) is 5.69 Å². The van der Waals surface area contributed by atoms with Crippen molar-refractivity contribution in [1.82, 2.24) is 4.72 Å². The van der Waals surface area contributed by atoms with E-state index in [2.05, 4.69) is 21.7 Å². The molecule has 0 saturated carbocycles. The summed E-state index contributed by atoms with van der Waals surface area (Å²) >= 11 is 0. The third kappa shape index (κ3) is 11.1. The van der Waals surface area contributed by atoms with Crippen LogP contribution in [0.15, 0.2) is 34.9 Å². The summed E-state index contributed by atoms with van der Waals surface area (Å²) in [5, 5.41) is 3.15. The van der Waals surface area contributed by atoms with Gasteiger partial charge in [0.2, 0.25) is 10.0 Å². The van der Waals surface area contributed by atoms with E-state index in [1.807, 2.05) is 13.8 Å². The first-order valence-electron chi connectivity index (χ1n) is 12.0. The Morgan fingerprint density at radius 3 is 2.12 bits per heavy atom. The predicted molar refractivity (Wildman–Crippen MR) is 132 cm³/mol. The van der Waals surface area contributed by atoms with Gasteiger partial charge in [0.05, 0.1) is 12.0 Å². The number of nitrogens with one attached hydrogen (secondary N) is 2. The molecule has 0 aliphatic carbocycles. The summed E-state index contributed by atoms with van der Waals surface area (Å²) in [5.41, 5.74) is 2.21. The van der Waals surface area contributed by atoms with Crippen LogP contribution in [0.25, 0.3) is 0 Å². The van der Waals surface area contributed by atoms with Gasteiger partial charge in [-0.05, 0) is 37.5 Å². The fourth-order valence-corrected chi connectivity index (χ4v) is 4.51. The molecule has 0 radical (unpaired) electrons. The van der Waals surface area contributed by atoms with Crippen molar-refractivity contribution >= 4 is 21.7 Å². The average molecular weight is 467 g/mol. The first-order valence-corrected chi connectivity index (χ1v) is 13.5. The second kappa shape index (κ2) is 15.9. The number of aryl methyl sites for hydroxylation is 1. The lowest BCUT2D eigenvalue weighted by atomic mass is 10.1. The van der Waals surface area contributed by atoms with Crippen LogP contribution < -0.4 is 10.0 Å². The number of allylic oxidation sites excluding steroid dienone is 1. The maximum Gasteiger partial charge on any atom is 0.332 e. The minimum absolute atomic E-state index is 0.214. The number of carbonyl (C=O) groups excluding carboxylic acids is 1. The molecule has 1 aromatic rings. The summed E-state index contributed by atoms with van der Waals surface area (Å²) in [6.07, 6.45) is 14.1. The summed E-state index contributed by atoms with van der Waals surface area (Å²) in [4.78, 5) is 11.7. The molecule has 0 aliphatic heterocycles. The Morgan fingerprint density at radius 2 is 1.56 bits per heavy atom. The number of hydrogen-bond donors (Lipinski definition) is 2. The van der Waals surface area contributed by atoms with Crippen molar-refractivity contribution in [2.75, 3.05) is 19.0 Å². The monoisotopic (exact) mass is 466 g/mol. The molecule has 6 nitrogen and oxygen atoms in total. The van der Waals surface area contributed by atoms with E-state index >= 15 is 0 Å². The van der Waals surface area contributed by atoms with Crippen molar-refractivity contribution < 1.29 is 17.9 Å². The lowest BCUT2D eigenvalue weighted by Gasteiger charge is -2.14. The summed E-state index contributed by atoms with van der Waals surface area (Å²) in [6.45, 7) is 6.47. The highest BCUT2D eigenvalue weighted by molar-refractivity contribution is 7.89.